The van der Waals surface area contributed by atoms with Crippen molar-refractivity contribution < 1.29 is 27.6 Å². The molecule has 0 N–H and O–H groups in total. The van der Waals surface area contributed by atoms with E-state index in [0.29, 0.717) is 5.75 Å². The fourth-order valence-corrected chi connectivity index (χ4v) is 4.86. The maximum Gasteiger partial charge on any atom is 0.326 e. The number of non-ortho nitro benzene ring substituents is 1. The van der Waals surface area contributed by atoms with Crippen molar-refractivity contribution >= 4 is 27.4 Å². The Kier molecular flexibility index (Phi) is 7.11. The van der Waals surface area contributed by atoms with Gasteiger partial charge in [0.1, 0.15) is 12.3 Å². The Morgan fingerprint density at radius 3 is 2.45 bits per heavy atom. The van der Waals surface area contributed by atoms with Gasteiger partial charge in [0.25, 0.3) is 15.7 Å². The lowest BCUT2D eigenvalue weighted by Crippen LogP contribution is -2.36. The molecule has 0 aliphatic heterocycles. The fraction of sp³-hybridized carbons (Fsp3) is 0.381. The zero-order valence-electron chi connectivity index (χ0n) is 17.1. The standard InChI is InChI=1S/C21H24N2O7S/c1-2-29-21(24)15-22(31(27,28)20-9-5-6-17(14-20)23(25)26)16-10-12-19(13-11-16)30-18-7-3-4-8-18/h5-6,9-14,18H,2-4,7-8,15H2,1H3. The molecular formula is C21H24N2O7S. The van der Waals surface area contributed by atoms with Gasteiger partial charge >= 0.3 is 5.97 Å². The average molecular weight is 448 g/mol. The third kappa shape index (κ3) is 5.52. The highest BCUT2D eigenvalue weighted by molar-refractivity contribution is 7.92. The van der Waals surface area contributed by atoms with E-state index in [0.717, 1.165) is 36.1 Å². The van der Waals surface area contributed by atoms with Crippen LogP contribution in [0.15, 0.2) is 53.4 Å². The number of anilines is 1. The first-order chi connectivity index (χ1) is 14.8. The lowest BCUT2D eigenvalue weighted by atomic mass is 10.2. The van der Waals surface area contributed by atoms with Crippen molar-refractivity contribution in [2.24, 2.45) is 0 Å². The molecule has 0 spiro atoms. The summed E-state index contributed by atoms with van der Waals surface area (Å²) < 4.78 is 38.3. The fourth-order valence-electron chi connectivity index (χ4n) is 3.41. The molecule has 2 aromatic carbocycles. The van der Waals surface area contributed by atoms with Crippen LogP contribution in [0.4, 0.5) is 11.4 Å². The van der Waals surface area contributed by atoms with E-state index in [4.69, 9.17) is 9.47 Å². The summed E-state index contributed by atoms with van der Waals surface area (Å²) in [4.78, 5) is 22.2. The van der Waals surface area contributed by atoms with Crippen molar-refractivity contribution in [2.75, 3.05) is 17.5 Å². The first-order valence-corrected chi connectivity index (χ1v) is 11.4. The first-order valence-electron chi connectivity index (χ1n) is 10.0. The second-order valence-corrected chi connectivity index (χ2v) is 8.95. The summed E-state index contributed by atoms with van der Waals surface area (Å²) in [5, 5.41) is 11.1. The SMILES string of the molecule is CCOC(=O)CN(c1ccc(OC2CCCC2)cc1)S(=O)(=O)c1cccc([N+](=O)[O-])c1. The number of hydrogen-bond donors (Lipinski definition) is 0. The van der Waals surface area contributed by atoms with Gasteiger partial charge in [0.05, 0.1) is 28.2 Å². The number of esters is 1. The van der Waals surface area contributed by atoms with Gasteiger partial charge in [0, 0.05) is 12.1 Å². The van der Waals surface area contributed by atoms with Crippen LogP contribution in [0.25, 0.3) is 0 Å². The number of nitrogens with zero attached hydrogens (tertiary/aromatic N) is 2. The number of carbonyl (C=O) groups excluding carboxylic acids is 1. The summed E-state index contributed by atoms with van der Waals surface area (Å²) in [6.45, 7) is 1.14. The van der Waals surface area contributed by atoms with Gasteiger partial charge in [0.2, 0.25) is 0 Å². The van der Waals surface area contributed by atoms with E-state index >= 15 is 0 Å². The van der Waals surface area contributed by atoms with Crippen molar-refractivity contribution in [1.82, 2.24) is 0 Å². The number of ether oxygens (including phenoxy) is 2. The van der Waals surface area contributed by atoms with Crippen molar-refractivity contribution in [1.29, 1.82) is 0 Å². The lowest BCUT2D eigenvalue weighted by Gasteiger charge is -2.24. The Morgan fingerprint density at radius 2 is 1.84 bits per heavy atom. The van der Waals surface area contributed by atoms with Crippen LogP contribution in [-0.4, -0.2) is 38.6 Å². The number of nitro benzene ring substituents is 1. The Hall–Kier alpha value is -3.14. The molecule has 10 heteroatoms. The average Bonchev–Trinajstić information content (AvgIpc) is 3.26. The molecule has 2 aromatic rings. The van der Waals surface area contributed by atoms with Crippen LogP contribution >= 0.6 is 0 Å². The summed E-state index contributed by atoms with van der Waals surface area (Å²) >= 11 is 0. The minimum atomic E-state index is -4.27. The molecule has 0 amide bonds. The zero-order chi connectivity index (χ0) is 22.4. The number of hydrogen-bond acceptors (Lipinski definition) is 7. The van der Waals surface area contributed by atoms with Crippen LogP contribution < -0.4 is 9.04 Å². The molecule has 3 rings (SSSR count). The smallest absolute Gasteiger partial charge is 0.326 e. The van der Waals surface area contributed by atoms with E-state index < -0.39 is 27.5 Å². The topological polar surface area (TPSA) is 116 Å². The third-order valence-electron chi connectivity index (χ3n) is 4.92. The van der Waals surface area contributed by atoms with Crippen molar-refractivity contribution in [3.63, 3.8) is 0 Å². The molecule has 166 valence electrons. The molecular weight excluding hydrogens is 424 g/mol. The minimum Gasteiger partial charge on any atom is -0.490 e. The second kappa shape index (κ2) is 9.78. The van der Waals surface area contributed by atoms with Crippen molar-refractivity contribution in [3.05, 3.63) is 58.6 Å². The molecule has 1 saturated carbocycles. The molecule has 1 fully saturated rings. The maximum absolute atomic E-state index is 13.3. The van der Waals surface area contributed by atoms with Gasteiger partial charge in [-0.2, -0.15) is 0 Å². The normalized spacial score (nSPS) is 14.2. The first kappa shape index (κ1) is 22.5. The van der Waals surface area contributed by atoms with E-state index in [1.807, 2.05) is 0 Å². The zero-order valence-corrected chi connectivity index (χ0v) is 17.9. The number of sulfonamides is 1. The van der Waals surface area contributed by atoms with E-state index in [1.54, 1.807) is 31.2 Å². The van der Waals surface area contributed by atoms with Gasteiger partial charge in [-0.25, -0.2) is 8.42 Å². The van der Waals surface area contributed by atoms with Crippen LogP contribution in [0.5, 0.6) is 5.75 Å². The molecule has 1 aliphatic carbocycles. The molecule has 0 aromatic heterocycles. The van der Waals surface area contributed by atoms with Crippen molar-refractivity contribution in [3.8, 4) is 5.75 Å². The monoisotopic (exact) mass is 448 g/mol. The highest BCUT2D eigenvalue weighted by atomic mass is 32.2. The van der Waals surface area contributed by atoms with Crippen LogP contribution in [-0.2, 0) is 19.6 Å². The van der Waals surface area contributed by atoms with Gasteiger partial charge in [-0.05, 0) is 62.9 Å². The largest absolute Gasteiger partial charge is 0.490 e. The summed E-state index contributed by atoms with van der Waals surface area (Å²) in [5.74, 6) is -0.123. The molecule has 0 unspecified atom stereocenters. The molecule has 0 radical (unpaired) electrons. The Balaban J connectivity index is 1.92. The lowest BCUT2D eigenvalue weighted by molar-refractivity contribution is -0.385. The number of benzene rings is 2. The molecule has 0 heterocycles. The Labute approximate surface area is 180 Å². The quantitative estimate of drug-likeness (QED) is 0.326. The number of carbonyl (C=O) groups is 1. The molecule has 9 nitrogen and oxygen atoms in total. The Morgan fingerprint density at radius 1 is 1.16 bits per heavy atom. The highest BCUT2D eigenvalue weighted by Crippen LogP contribution is 2.29. The van der Waals surface area contributed by atoms with Gasteiger partial charge in [-0.15, -0.1) is 0 Å². The van der Waals surface area contributed by atoms with Crippen molar-refractivity contribution in [2.45, 2.75) is 43.6 Å². The van der Waals surface area contributed by atoms with Crippen LogP contribution in [0.3, 0.4) is 0 Å². The maximum atomic E-state index is 13.3. The summed E-state index contributed by atoms with van der Waals surface area (Å²) in [5.41, 5.74) is -0.143. The van der Waals surface area contributed by atoms with E-state index in [9.17, 15) is 23.3 Å². The highest BCUT2D eigenvalue weighted by Gasteiger charge is 2.29. The van der Waals surface area contributed by atoms with Gasteiger partial charge in [-0.3, -0.25) is 19.2 Å². The van der Waals surface area contributed by atoms with E-state index in [1.165, 1.54) is 18.2 Å². The molecule has 1 aliphatic rings. The second-order valence-electron chi connectivity index (χ2n) is 7.09. The number of rotatable bonds is 9. The molecule has 31 heavy (non-hydrogen) atoms. The predicted molar refractivity (Wildman–Crippen MR) is 114 cm³/mol. The molecule has 0 saturated heterocycles. The summed E-state index contributed by atoms with van der Waals surface area (Å²) in [7, 11) is -4.27. The Bertz CT molecular complexity index is 1030. The summed E-state index contributed by atoms with van der Waals surface area (Å²) in [6.07, 6.45) is 4.36. The van der Waals surface area contributed by atoms with Gasteiger partial charge in [-0.1, -0.05) is 6.07 Å². The predicted octanol–water partition coefficient (Wildman–Crippen LogP) is 3.67. The van der Waals surface area contributed by atoms with Gasteiger partial charge < -0.3 is 9.47 Å². The van der Waals surface area contributed by atoms with Crippen LogP contribution in [0, 0.1) is 10.1 Å². The van der Waals surface area contributed by atoms with E-state index in [-0.39, 0.29) is 29.0 Å². The third-order valence-corrected chi connectivity index (χ3v) is 6.69. The van der Waals surface area contributed by atoms with E-state index in [2.05, 4.69) is 0 Å². The van der Waals surface area contributed by atoms with Crippen LogP contribution in [0.1, 0.15) is 32.6 Å². The van der Waals surface area contributed by atoms with Gasteiger partial charge in [0.15, 0.2) is 0 Å². The molecule has 0 bridgehead atoms. The minimum absolute atomic E-state index is 0.0949. The van der Waals surface area contributed by atoms with Crippen LogP contribution in [0.2, 0.25) is 0 Å². The summed E-state index contributed by atoms with van der Waals surface area (Å²) in [6, 6.07) is 11.1. The number of nitro groups is 1. The molecule has 0 atom stereocenters.